The molecule has 19 heavy (non-hydrogen) atoms. The predicted octanol–water partition coefficient (Wildman–Crippen LogP) is 3.62. The number of carbonyl (C=O) groups is 1. The lowest BCUT2D eigenvalue weighted by molar-refractivity contribution is -0.00711. The van der Waals surface area contributed by atoms with E-state index in [1.165, 1.54) is 12.8 Å². The zero-order chi connectivity index (χ0) is 13.7. The van der Waals surface area contributed by atoms with Crippen LogP contribution in [0.2, 0.25) is 0 Å². The van der Waals surface area contributed by atoms with Gasteiger partial charge in [0.2, 0.25) is 0 Å². The van der Waals surface area contributed by atoms with Crippen LogP contribution in [0.15, 0.2) is 24.3 Å². The highest BCUT2D eigenvalue weighted by Crippen LogP contribution is 2.35. The molecule has 0 saturated heterocycles. The molecule has 0 N–H and O–H groups in total. The van der Waals surface area contributed by atoms with Crippen LogP contribution in [0.25, 0.3) is 0 Å². The lowest BCUT2D eigenvalue weighted by atomic mass is 9.85. The summed E-state index contributed by atoms with van der Waals surface area (Å²) in [7, 11) is 3.25. The average molecular weight is 262 g/mol. The number of para-hydroxylation sites is 1. The zero-order valence-electron chi connectivity index (χ0n) is 11.8. The summed E-state index contributed by atoms with van der Waals surface area (Å²) in [6, 6.07) is 7.40. The molecule has 0 bridgehead atoms. The minimum atomic E-state index is -0.662. The zero-order valence-corrected chi connectivity index (χ0v) is 11.8. The molecule has 0 aromatic heterocycles. The van der Waals surface area contributed by atoms with E-state index >= 15 is 0 Å². The van der Waals surface area contributed by atoms with Crippen LogP contribution in [-0.2, 0) is 4.74 Å². The van der Waals surface area contributed by atoms with Crippen molar-refractivity contribution in [1.29, 1.82) is 0 Å². The van der Waals surface area contributed by atoms with E-state index in [9.17, 15) is 4.79 Å². The third-order valence-electron chi connectivity index (χ3n) is 4.07. The molecule has 3 nitrogen and oxygen atoms in total. The summed E-state index contributed by atoms with van der Waals surface area (Å²) in [6.45, 7) is 0. The van der Waals surface area contributed by atoms with Crippen molar-refractivity contribution in [1.82, 2.24) is 0 Å². The molecule has 1 aromatic rings. The summed E-state index contributed by atoms with van der Waals surface area (Å²) >= 11 is 0. The normalized spacial score (nSPS) is 18.6. The average Bonchev–Trinajstić information content (AvgIpc) is 2.72. The van der Waals surface area contributed by atoms with Crippen molar-refractivity contribution in [3.63, 3.8) is 0 Å². The van der Waals surface area contributed by atoms with Crippen molar-refractivity contribution in [3.8, 4) is 5.75 Å². The minimum absolute atomic E-state index is 0.0642. The van der Waals surface area contributed by atoms with Gasteiger partial charge in [0.15, 0.2) is 5.78 Å². The second kappa shape index (κ2) is 6.20. The standard InChI is InChI=1S/C16H22O3/c1-18-14-10-6-5-9-13(14)15(17)16(19-2)11-7-3-4-8-12-16/h5-6,9-10H,3-4,7-8,11-12H2,1-2H3. The van der Waals surface area contributed by atoms with Crippen molar-refractivity contribution < 1.29 is 14.3 Å². The summed E-state index contributed by atoms with van der Waals surface area (Å²) in [5.41, 5.74) is -0.0285. The fraction of sp³-hybridized carbons (Fsp3) is 0.562. The summed E-state index contributed by atoms with van der Waals surface area (Å²) in [4.78, 5) is 12.9. The van der Waals surface area contributed by atoms with Gasteiger partial charge in [-0.3, -0.25) is 4.79 Å². The first-order chi connectivity index (χ1) is 9.23. The van der Waals surface area contributed by atoms with Gasteiger partial charge in [-0.1, -0.05) is 37.8 Å². The maximum atomic E-state index is 12.9. The Hall–Kier alpha value is -1.35. The lowest BCUT2D eigenvalue weighted by Gasteiger charge is -2.30. The van der Waals surface area contributed by atoms with Gasteiger partial charge in [0, 0.05) is 7.11 Å². The Bertz CT molecular complexity index is 431. The van der Waals surface area contributed by atoms with Crippen LogP contribution >= 0.6 is 0 Å². The number of ether oxygens (including phenoxy) is 2. The molecule has 0 aliphatic heterocycles. The molecule has 1 fully saturated rings. The van der Waals surface area contributed by atoms with Crippen LogP contribution in [0.3, 0.4) is 0 Å². The molecule has 0 heterocycles. The molecule has 0 unspecified atom stereocenters. The Morgan fingerprint density at radius 1 is 1.05 bits per heavy atom. The van der Waals surface area contributed by atoms with Gasteiger partial charge in [0.1, 0.15) is 11.4 Å². The van der Waals surface area contributed by atoms with Crippen molar-refractivity contribution in [2.75, 3.05) is 14.2 Å². The summed E-state index contributed by atoms with van der Waals surface area (Å²) in [6.07, 6.45) is 6.08. The van der Waals surface area contributed by atoms with E-state index in [-0.39, 0.29) is 5.78 Å². The molecular formula is C16H22O3. The SMILES string of the molecule is COc1ccccc1C(=O)C1(OC)CCCCCC1. The molecule has 1 aromatic carbocycles. The van der Waals surface area contributed by atoms with E-state index < -0.39 is 5.60 Å². The van der Waals surface area contributed by atoms with Gasteiger partial charge in [0.05, 0.1) is 12.7 Å². The summed E-state index contributed by atoms with van der Waals surface area (Å²) in [5, 5.41) is 0. The van der Waals surface area contributed by atoms with Gasteiger partial charge in [-0.05, 0) is 25.0 Å². The van der Waals surface area contributed by atoms with Crippen LogP contribution in [0.4, 0.5) is 0 Å². The molecule has 1 aliphatic rings. The van der Waals surface area contributed by atoms with Crippen molar-refractivity contribution >= 4 is 5.78 Å². The minimum Gasteiger partial charge on any atom is -0.496 e. The van der Waals surface area contributed by atoms with Crippen LogP contribution in [0.1, 0.15) is 48.9 Å². The van der Waals surface area contributed by atoms with E-state index in [0.29, 0.717) is 11.3 Å². The quantitative estimate of drug-likeness (QED) is 0.614. The highest BCUT2D eigenvalue weighted by atomic mass is 16.5. The van der Waals surface area contributed by atoms with Gasteiger partial charge >= 0.3 is 0 Å². The first kappa shape index (κ1) is 14.1. The maximum Gasteiger partial charge on any atom is 0.198 e. The first-order valence-corrected chi connectivity index (χ1v) is 6.96. The van der Waals surface area contributed by atoms with Crippen LogP contribution in [-0.4, -0.2) is 25.6 Å². The van der Waals surface area contributed by atoms with Crippen LogP contribution in [0, 0.1) is 0 Å². The molecule has 104 valence electrons. The third kappa shape index (κ3) is 2.81. The molecule has 0 radical (unpaired) electrons. The van der Waals surface area contributed by atoms with E-state index in [1.54, 1.807) is 14.2 Å². The molecule has 3 heteroatoms. The predicted molar refractivity (Wildman–Crippen MR) is 74.8 cm³/mol. The fourth-order valence-electron chi connectivity index (χ4n) is 2.90. The summed E-state index contributed by atoms with van der Waals surface area (Å²) in [5.74, 6) is 0.697. The third-order valence-corrected chi connectivity index (χ3v) is 4.07. The van der Waals surface area contributed by atoms with Crippen LogP contribution < -0.4 is 4.74 Å². The largest absolute Gasteiger partial charge is 0.496 e. The number of hydrogen-bond donors (Lipinski definition) is 0. The highest BCUT2D eigenvalue weighted by molar-refractivity contribution is 6.04. The maximum absolute atomic E-state index is 12.9. The Morgan fingerprint density at radius 2 is 1.68 bits per heavy atom. The summed E-state index contributed by atoms with van der Waals surface area (Å²) < 4.78 is 11.0. The van der Waals surface area contributed by atoms with Gasteiger partial charge in [-0.25, -0.2) is 0 Å². The van der Waals surface area contributed by atoms with Crippen LogP contribution in [0.5, 0.6) is 5.75 Å². The highest BCUT2D eigenvalue weighted by Gasteiger charge is 2.40. The van der Waals surface area contributed by atoms with Crippen molar-refractivity contribution in [2.45, 2.75) is 44.1 Å². The topological polar surface area (TPSA) is 35.5 Å². The van der Waals surface area contributed by atoms with Gasteiger partial charge in [0.25, 0.3) is 0 Å². The number of rotatable bonds is 4. The second-order valence-electron chi connectivity index (χ2n) is 5.14. The van der Waals surface area contributed by atoms with E-state index in [4.69, 9.17) is 9.47 Å². The van der Waals surface area contributed by atoms with Crippen molar-refractivity contribution in [3.05, 3.63) is 29.8 Å². The lowest BCUT2D eigenvalue weighted by Crippen LogP contribution is -2.40. The van der Waals surface area contributed by atoms with Gasteiger partial charge < -0.3 is 9.47 Å². The van der Waals surface area contributed by atoms with E-state index in [1.807, 2.05) is 24.3 Å². The Morgan fingerprint density at radius 3 is 2.26 bits per heavy atom. The molecule has 0 amide bonds. The molecule has 0 spiro atoms. The number of carbonyl (C=O) groups excluding carboxylic acids is 1. The Balaban J connectivity index is 2.34. The molecular weight excluding hydrogens is 240 g/mol. The molecule has 1 aliphatic carbocycles. The Labute approximate surface area is 114 Å². The molecule has 1 saturated carbocycles. The monoisotopic (exact) mass is 262 g/mol. The Kier molecular flexibility index (Phi) is 4.59. The number of benzene rings is 1. The molecule has 2 rings (SSSR count). The van der Waals surface area contributed by atoms with E-state index in [2.05, 4.69) is 0 Å². The number of ketones is 1. The number of Topliss-reactive ketones (excluding diaryl/α,β-unsaturated/α-hetero) is 1. The smallest absolute Gasteiger partial charge is 0.198 e. The number of methoxy groups -OCH3 is 2. The molecule has 0 atom stereocenters. The van der Waals surface area contributed by atoms with Crippen molar-refractivity contribution in [2.24, 2.45) is 0 Å². The second-order valence-corrected chi connectivity index (χ2v) is 5.14. The number of hydrogen-bond acceptors (Lipinski definition) is 3. The fourth-order valence-corrected chi connectivity index (χ4v) is 2.90. The van der Waals surface area contributed by atoms with Gasteiger partial charge in [-0.2, -0.15) is 0 Å². The van der Waals surface area contributed by atoms with E-state index in [0.717, 1.165) is 25.7 Å². The van der Waals surface area contributed by atoms with Gasteiger partial charge in [-0.15, -0.1) is 0 Å². The first-order valence-electron chi connectivity index (χ1n) is 6.96.